The minimum Gasteiger partial charge on any atom is -0.351 e. The lowest BCUT2D eigenvalue weighted by molar-refractivity contribution is -0.132. The molecule has 2 heterocycles. The summed E-state index contributed by atoms with van der Waals surface area (Å²) >= 11 is 0. The van der Waals surface area contributed by atoms with Gasteiger partial charge in [0.25, 0.3) is 0 Å². The highest BCUT2D eigenvalue weighted by molar-refractivity contribution is 5.96. The molecule has 5 nitrogen and oxygen atoms in total. The van der Waals surface area contributed by atoms with Crippen LogP contribution in [0.2, 0.25) is 0 Å². The second kappa shape index (κ2) is 8.55. The summed E-state index contributed by atoms with van der Waals surface area (Å²) in [5, 5.41) is 5.87. The standard InChI is InChI=1S/C23H24FN3O2/c24-17-9-10-19-18(13-17)21(16-6-2-1-3-7-16)22(23(29)26-19)27-20(28)11-8-15-5-4-12-25-14-15/h1-8,11-12,14,17-19,21-22H,9-10,13H2,(H,26,29)(H,27,28)/b11-8+. The van der Waals surface area contributed by atoms with Gasteiger partial charge in [0.1, 0.15) is 12.2 Å². The number of benzene rings is 1. The molecule has 5 atom stereocenters. The van der Waals surface area contributed by atoms with Crippen molar-refractivity contribution in [1.29, 1.82) is 0 Å². The Morgan fingerprint density at radius 1 is 1.17 bits per heavy atom. The van der Waals surface area contributed by atoms with Gasteiger partial charge in [-0.3, -0.25) is 14.6 Å². The molecule has 1 saturated heterocycles. The molecule has 0 spiro atoms. The maximum absolute atomic E-state index is 14.2. The molecule has 1 aromatic carbocycles. The Labute approximate surface area is 169 Å². The molecule has 2 aromatic rings. The number of hydrogen-bond acceptors (Lipinski definition) is 3. The normalized spacial score (nSPS) is 29.1. The number of amides is 2. The van der Waals surface area contributed by atoms with Crippen LogP contribution in [0.5, 0.6) is 0 Å². The second-order valence-electron chi connectivity index (χ2n) is 7.73. The molecule has 1 aliphatic carbocycles. The Bertz CT molecular complexity index is 888. The van der Waals surface area contributed by atoms with Crippen molar-refractivity contribution in [1.82, 2.24) is 15.6 Å². The van der Waals surface area contributed by atoms with Gasteiger partial charge in [-0.05, 0) is 48.4 Å². The van der Waals surface area contributed by atoms with Crippen molar-refractivity contribution in [3.8, 4) is 0 Å². The molecule has 1 saturated carbocycles. The molecule has 0 radical (unpaired) electrons. The third kappa shape index (κ3) is 4.36. The van der Waals surface area contributed by atoms with Crippen molar-refractivity contribution in [2.75, 3.05) is 0 Å². The lowest BCUT2D eigenvalue weighted by atomic mass is 9.67. The SMILES string of the molecule is O=C(/C=C/c1cccnc1)NC1C(=O)NC2CCC(F)CC2C1c1ccccc1. The predicted octanol–water partition coefficient (Wildman–Crippen LogP) is 3.00. The van der Waals surface area contributed by atoms with Crippen molar-refractivity contribution >= 4 is 17.9 Å². The average molecular weight is 393 g/mol. The summed E-state index contributed by atoms with van der Waals surface area (Å²) in [5.74, 6) is -0.878. The van der Waals surface area contributed by atoms with Gasteiger partial charge in [-0.1, -0.05) is 36.4 Å². The summed E-state index contributed by atoms with van der Waals surface area (Å²) in [4.78, 5) is 29.4. The van der Waals surface area contributed by atoms with Crippen molar-refractivity contribution in [2.45, 2.75) is 43.4 Å². The van der Waals surface area contributed by atoms with Crippen LogP contribution in [-0.2, 0) is 9.59 Å². The fraction of sp³-hybridized carbons (Fsp3) is 0.348. The number of halogens is 1. The highest BCUT2D eigenvalue weighted by Crippen LogP contribution is 2.42. The third-order valence-electron chi connectivity index (χ3n) is 5.86. The summed E-state index contributed by atoms with van der Waals surface area (Å²) in [6, 6.07) is 12.5. The molecule has 2 fully saturated rings. The Kier molecular flexibility index (Phi) is 5.69. The molecule has 2 aliphatic rings. The molecular weight excluding hydrogens is 369 g/mol. The van der Waals surface area contributed by atoms with Gasteiger partial charge in [-0.15, -0.1) is 0 Å². The van der Waals surface area contributed by atoms with Gasteiger partial charge in [0.15, 0.2) is 0 Å². The van der Waals surface area contributed by atoms with Gasteiger partial charge >= 0.3 is 0 Å². The lowest BCUT2D eigenvalue weighted by Crippen LogP contribution is -2.62. The van der Waals surface area contributed by atoms with E-state index in [1.54, 1.807) is 24.5 Å². The first-order chi connectivity index (χ1) is 14.1. The molecular formula is C23H24FN3O2. The van der Waals surface area contributed by atoms with Gasteiger partial charge in [0.2, 0.25) is 11.8 Å². The van der Waals surface area contributed by atoms with E-state index in [1.807, 2.05) is 36.4 Å². The number of piperidine rings is 1. The van der Waals surface area contributed by atoms with Crippen molar-refractivity contribution < 1.29 is 14.0 Å². The zero-order valence-electron chi connectivity index (χ0n) is 16.0. The predicted molar refractivity (Wildman–Crippen MR) is 109 cm³/mol. The highest BCUT2D eigenvalue weighted by atomic mass is 19.1. The van der Waals surface area contributed by atoms with E-state index in [4.69, 9.17) is 0 Å². The summed E-state index contributed by atoms with van der Waals surface area (Å²) < 4.78 is 14.2. The van der Waals surface area contributed by atoms with Crippen LogP contribution < -0.4 is 10.6 Å². The van der Waals surface area contributed by atoms with Crippen LogP contribution in [0.1, 0.15) is 36.3 Å². The number of carbonyl (C=O) groups is 2. The summed E-state index contributed by atoms with van der Waals surface area (Å²) in [6.45, 7) is 0. The molecule has 2 amide bonds. The number of nitrogens with zero attached hydrogens (tertiary/aromatic N) is 1. The van der Waals surface area contributed by atoms with Crippen LogP contribution in [0.3, 0.4) is 0 Å². The topological polar surface area (TPSA) is 71.1 Å². The zero-order valence-corrected chi connectivity index (χ0v) is 16.0. The number of nitrogens with one attached hydrogen (secondary N) is 2. The fourth-order valence-electron chi connectivity index (χ4n) is 4.53. The first-order valence-corrected chi connectivity index (χ1v) is 10.00. The van der Waals surface area contributed by atoms with Crippen LogP contribution in [0.25, 0.3) is 6.08 Å². The van der Waals surface area contributed by atoms with E-state index in [0.29, 0.717) is 19.3 Å². The molecule has 1 aromatic heterocycles. The van der Waals surface area contributed by atoms with Gasteiger partial charge in [-0.2, -0.15) is 0 Å². The highest BCUT2D eigenvalue weighted by Gasteiger charge is 2.47. The fourth-order valence-corrected chi connectivity index (χ4v) is 4.53. The summed E-state index contributed by atoms with van der Waals surface area (Å²) in [7, 11) is 0. The van der Waals surface area contributed by atoms with Crippen LogP contribution in [0, 0.1) is 5.92 Å². The van der Waals surface area contributed by atoms with E-state index in [2.05, 4.69) is 15.6 Å². The van der Waals surface area contributed by atoms with Crippen molar-refractivity contribution in [3.05, 3.63) is 72.1 Å². The second-order valence-corrected chi connectivity index (χ2v) is 7.73. The smallest absolute Gasteiger partial charge is 0.244 e. The Morgan fingerprint density at radius 2 is 2.00 bits per heavy atom. The van der Waals surface area contributed by atoms with Gasteiger partial charge in [0.05, 0.1) is 0 Å². The molecule has 5 unspecified atom stereocenters. The monoisotopic (exact) mass is 393 g/mol. The Morgan fingerprint density at radius 3 is 2.76 bits per heavy atom. The summed E-state index contributed by atoms with van der Waals surface area (Å²) in [6.07, 6.45) is 6.97. The first kappa shape index (κ1) is 19.3. The zero-order chi connectivity index (χ0) is 20.2. The number of fused-ring (bicyclic) bond motifs is 1. The number of pyridine rings is 1. The largest absolute Gasteiger partial charge is 0.351 e. The molecule has 6 heteroatoms. The quantitative estimate of drug-likeness (QED) is 0.785. The van der Waals surface area contributed by atoms with E-state index in [1.165, 1.54) is 6.08 Å². The van der Waals surface area contributed by atoms with Crippen molar-refractivity contribution in [3.63, 3.8) is 0 Å². The Balaban J connectivity index is 1.58. The van der Waals surface area contributed by atoms with Gasteiger partial charge in [-0.25, -0.2) is 4.39 Å². The minimum absolute atomic E-state index is 0.0496. The number of carbonyl (C=O) groups excluding carboxylic acids is 2. The number of aromatic nitrogens is 1. The van der Waals surface area contributed by atoms with Gasteiger partial charge < -0.3 is 10.6 Å². The number of alkyl halides is 1. The average Bonchev–Trinajstić information content (AvgIpc) is 2.74. The first-order valence-electron chi connectivity index (χ1n) is 10.00. The lowest BCUT2D eigenvalue weighted by Gasteiger charge is -2.46. The van der Waals surface area contributed by atoms with Crippen LogP contribution in [-0.4, -0.2) is 35.1 Å². The third-order valence-corrected chi connectivity index (χ3v) is 5.86. The molecule has 4 rings (SSSR count). The summed E-state index contributed by atoms with van der Waals surface area (Å²) in [5.41, 5.74) is 1.75. The molecule has 1 aliphatic heterocycles. The van der Waals surface area contributed by atoms with E-state index < -0.39 is 12.2 Å². The maximum atomic E-state index is 14.2. The molecule has 2 N–H and O–H groups in total. The molecule has 0 bridgehead atoms. The number of rotatable bonds is 4. The Hall–Kier alpha value is -3.02. The number of hydrogen-bond donors (Lipinski definition) is 2. The maximum Gasteiger partial charge on any atom is 0.244 e. The van der Waals surface area contributed by atoms with E-state index in [0.717, 1.165) is 11.1 Å². The van der Waals surface area contributed by atoms with E-state index >= 15 is 0 Å². The minimum atomic E-state index is -0.876. The molecule has 29 heavy (non-hydrogen) atoms. The van der Waals surface area contributed by atoms with Gasteiger partial charge in [0, 0.05) is 30.4 Å². The van der Waals surface area contributed by atoms with Crippen molar-refractivity contribution in [2.24, 2.45) is 5.92 Å². The van der Waals surface area contributed by atoms with E-state index in [-0.39, 0.29) is 29.7 Å². The van der Waals surface area contributed by atoms with Crippen LogP contribution in [0.4, 0.5) is 4.39 Å². The molecule has 150 valence electrons. The van der Waals surface area contributed by atoms with E-state index in [9.17, 15) is 14.0 Å². The van der Waals surface area contributed by atoms with Crippen LogP contribution >= 0.6 is 0 Å². The van der Waals surface area contributed by atoms with Crippen LogP contribution in [0.15, 0.2) is 60.9 Å².